The normalized spacial score (nSPS) is 26.6. The van der Waals surface area contributed by atoms with E-state index in [0.29, 0.717) is 17.8 Å². The molecule has 0 aromatic carbocycles. The second-order valence-electron chi connectivity index (χ2n) is 5.80. The fraction of sp³-hybridized carbons (Fsp3) is 0.562. The summed E-state index contributed by atoms with van der Waals surface area (Å²) in [5.74, 6) is 0.727. The van der Waals surface area contributed by atoms with Crippen molar-refractivity contribution in [3.63, 3.8) is 0 Å². The number of allylic oxidation sites excluding steroid dienone is 1. The van der Waals surface area contributed by atoms with Crippen LogP contribution in [0.4, 0.5) is 5.82 Å². The molecular formula is C16H21N5. The monoisotopic (exact) mass is 283 g/mol. The number of piperazine rings is 1. The predicted molar refractivity (Wildman–Crippen MR) is 81.9 cm³/mol. The van der Waals surface area contributed by atoms with Crippen LogP contribution in [-0.4, -0.2) is 46.6 Å². The predicted octanol–water partition coefficient (Wildman–Crippen LogP) is 1.97. The Kier molecular flexibility index (Phi) is 4.16. The van der Waals surface area contributed by atoms with Crippen LogP contribution >= 0.6 is 0 Å². The molecule has 5 nitrogen and oxygen atoms in total. The van der Waals surface area contributed by atoms with Crippen LogP contribution in [0.15, 0.2) is 24.5 Å². The molecule has 0 amide bonds. The van der Waals surface area contributed by atoms with E-state index in [0.717, 1.165) is 25.5 Å². The second kappa shape index (κ2) is 6.23. The van der Waals surface area contributed by atoms with Gasteiger partial charge in [0, 0.05) is 44.1 Å². The Morgan fingerprint density at radius 3 is 2.86 bits per heavy atom. The van der Waals surface area contributed by atoms with Gasteiger partial charge in [0.25, 0.3) is 0 Å². The Labute approximate surface area is 125 Å². The Bertz CT molecular complexity index is 562. The van der Waals surface area contributed by atoms with Gasteiger partial charge >= 0.3 is 0 Å². The number of rotatable bonds is 2. The number of hydrogen-bond acceptors (Lipinski definition) is 5. The molecule has 5 heteroatoms. The van der Waals surface area contributed by atoms with Crippen LogP contribution in [0.3, 0.4) is 0 Å². The van der Waals surface area contributed by atoms with Gasteiger partial charge in [0.15, 0.2) is 11.5 Å². The number of hydrogen-bond donors (Lipinski definition) is 0. The first-order chi connectivity index (χ1) is 10.3. The van der Waals surface area contributed by atoms with Gasteiger partial charge in [0.1, 0.15) is 6.07 Å². The van der Waals surface area contributed by atoms with E-state index in [4.69, 9.17) is 0 Å². The van der Waals surface area contributed by atoms with Crippen LogP contribution in [0, 0.1) is 11.3 Å². The third-order valence-corrected chi connectivity index (χ3v) is 4.42. The summed E-state index contributed by atoms with van der Waals surface area (Å²) in [6, 6.07) is 3.18. The lowest BCUT2D eigenvalue weighted by molar-refractivity contribution is 0.143. The van der Waals surface area contributed by atoms with Crippen LogP contribution in [-0.2, 0) is 0 Å². The molecule has 1 aliphatic carbocycles. The van der Waals surface area contributed by atoms with E-state index in [1.807, 2.05) is 0 Å². The van der Waals surface area contributed by atoms with Crippen LogP contribution < -0.4 is 4.90 Å². The van der Waals surface area contributed by atoms with E-state index in [9.17, 15) is 5.26 Å². The molecule has 1 aromatic rings. The molecular weight excluding hydrogens is 262 g/mol. The maximum atomic E-state index is 9.17. The Morgan fingerprint density at radius 1 is 1.29 bits per heavy atom. The zero-order chi connectivity index (χ0) is 14.7. The highest BCUT2D eigenvalue weighted by Gasteiger charge is 2.30. The standard InChI is InChI=1S/C16H21N5/c1-13-12-20(16-15(11-17)18-7-8-19-16)9-10-21(13)14-5-3-2-4-6-14/h3,5,7-8,13-14H,2,4,6,9-10,12H2,1H3. The summed E-state index contributed by atoms with van der Waals surface area (Å²) >= 11 is 0. The quantitative estimate of drug-likeness (QED) is 0.777. The van der Waals surface area contributed by atoms with E-state index >= 15 is 0 Å². The van der Waals surface area contributed by atoms with Gasteiger partial charge in [-0.2, -0.15) is 5.26 Å². The van der Waals surface area contributed by atoms with Crippen molar-refractivity contribution in [2.45, 2.75) is 38.3 Å². The summed E-state index contributed by atoms with van der Waals surface area (Å²) in [4.78, 5) is 13.2. The largest absolute Gasteiger partial charge is 0.351 e. The smallest absolute Gasteiger partial charge is 0.183 e. The fourth-order valence-corrected chi connectivity index (χ4v) is 3.37. The minimum atomic E-state index is 0.427. The maximum Gasteiger partial charge on any atom is 0.183 e. The Morgan fingerprint density at radius 2 is 2.14 bits per heavy atom. The molecule has 0 spiro atoms. The highest BCUT2D eigenvalue weighted by Crippen LogP contribution is 2.24. The third kappa shape index (κ3) is 2.91. The lowest BCUT2D eigenvalue weighted by atomic mass is 9.99. The molecule has 2 unspecified atom stereocenters. The summed E-state index contributed by atoms with van der Waals surface area (Å²) in [5, 5.41) is 9.17. The molecule has 2 aliphatic rings. The molecule has 0 N–H and O–H groups in total. The molecule has 0 bridgehead atoms. The fourth-order valence-electron chi connectivity index (χ4n) is 3.37. The highest BCUT2D eigenvalue weighted by molar-refractivity contribution is 5.50. The third-order valence-electron chi connectivity index (χ3n) is 4.42. The van der Waals surface area contributed by atoms with Gasteiger partial charge in [-0.05, 0) is 26.2 Å². The number of anilines is 1. The maximum absolute atomic E-state index is 9.17. The number of aromatic nitrogens is 2. The number of nitriles is 1. The zero-order valence-electron chi connectivity index (χ0n) is 12.4. The molecule has 1 aromatic heterocycles. The molecule has 1 aliphatic heterocycles. The first-order valence-corrected chi connectivity index (χ1v) is 7.68. The van der Waals surface area contributed by atoms with Gasteiger partial charge in [-0.15, -0.1) is 0 Å². The lowest BCUT2D eigenvalue weighted by Crippen LogP contribution is -2.55. The van der Waals surface area contributed by atoms with Crippen molar-refractivity contribution >= 4 is 5.82 Å². The van der Waals surface area contributed by atoms with Crippen LogP contribution in [0.5, 0.6) is 0 Å². The summed E-state index contributed by atoms with van der Waals surface area (Å²) in [6.45, 7) is 5.08. The average Bonchev–Trinajstić information content (AvgIpc) is 2.55. The first-order valence-electron chi connectivity index (χ1n) is 7.68. The summed E-state index contributed by atoms with van der Waals surface area (Å²) in [7, 11) is 0. The molecule has 110 valence electrons. The van der Waals surface area contributed by atoms with E-state index in [1.165, 1.54) is 19.3 Å². The molecule has 2 atom stereocenters. The minimum Gasteiger partial charge on any atom is -0.351 e. The van der Waals surface area contributed by atoms with Crippen LogP contribution in [0.2, 0.25) is 0 Å². The summed E-state index contributed by atoms with van der Waals surface area (Å²) < 4.78 is 0. The Hall–Kier alpha value is -1.93. The average molecular weight is 283 g/mol. The van der Waals surface area contributed by atoms with Crippen molar-refractivity contribution in [2.75, 3.05) is 24.5 Å². The highest BCUT2D eigenvalue weighted by atomic mass is 15.3. The van der Waals surface area contributed by atoms with Gasteiger partial charge < -0.3 is 4.90 Å². The summed E-state index contributed by atoms with van der Waals surface area (Å²) in [6.07, 6.45) is 11.7. The number of nitrogens with zero attached hydrogens (tertiary/aromatic N) is 5. The van der Waals surface area contributed by atoms with Gasteiger partial charge in [-0.1, -0.05) is 12.2 Å². The molecule has 2 heterocycles. The summed E-state index contributed by atoms with van der Waals surface area (Å²) in [5.41, 5.74) is 0.427. The van der Waals surface area contributed by atoms with Crippen molar-refractivity contribution in [2.24, 2.45) is 0 Å². The van der Waals surface area contributed by atoms with Gasteiger partial charge in [-0.25, -0.2) is 9.97 Å². The molecule has 21 heavy (non-hydrogen) atoms. The molecule has 1 saturated heterocycles. The lowest BCUT2D eigenvalue weighted by Gasteiger charge is -2.44. The van der Waals surface area contributed by atoms with E-state index < -0.39 is 0 Å². The van der Waals surface area contributed by atoms with Crippen molar-refractivity contribution in [1.29, 1.82) is 5.26 Å². The van der Waals surface area contributed by atoms with E-state index in [2.05, 4.69) is 44.9 Å². The van der Waals surface area contributed by atoms with Crippen molar-refractivity contribution in [1.82, 2.24) is 14.9 Å². The van der Waals surface area contributed by atoms with Crippen molar-refractivity contribution in [3.8, 4) is 6.07 Å². The van der Waals surface area contributed by atoms with Gasteiger partial charge in [-0.3, -0.25) is 4.90 Å². The topological polar surface area (TPSA) is 56.1 Å². The molecule has 1 fully saturated rings. The van der Waals surface area contributed by atoms with Crippen LogP contribution in [0.25, 0.3) is 0 Å². The van der Waals surface area contributed by atoms with Crippen molar-refractivity contribution < 1.29 is 0 Å². The minimum absolute atomic E-state index is 0.427. The van der Waals surface area contributed by atoms with E-state index in [-0.39, 0.29) is 0 Å². The second-order valence-corrected chi connectivity index (χ2v) is 5.80. The van der Waals surface area contributed by atoms with Gasteiger partial charge in [0.05, 0.1) is 0 Å². The van der Waals surface area contributed by atoms with Crippen LogP contribution in [0.1, 0.15) is 31.9 Å². The first kappa shape index (κ1) is 14.0. The van der Waals surface area contributed by atoms with E-state index in [1.54, 1.807) is 12.4 Å². The SMILES string of the molecule is CC1CN(c2nccnc2C#N)CCN1C1C=CCCC1. The molecule has 0 saturated carbocycles. The molecule has 3 rings (SSSR count). The zero-order valence-corrected chi connectivity index (χ0v) is 12.4. The van der Waals surface area contributed by atoms with Gasteiger partial charge in [0.2, 0.25) is 0 Å². The van der Waals surface area contributed by atoms with Crippen molar-refractivity contribution in [3.05, 3.63) is 30.2 Å². The molecule has 0 radical (unpaired) electrons. The Balaban J connectivity index is 1.72.